The van der Waals surface area contributed by atoms with Gasteiger partial charge in [-0.2, -0.15) is 13.4 Å². The normalized spacial score (nSPS) is 12.3. The summed E-state index contributed by atoms with van der Waals surface area (Å²) in [5.74, 6) is -3.00. The highest BCUT2D eigenvalue weighted by atomic mass is 32.2. The fourth-order valence-electron chi connectivity index (χ4n) is 2.59. The van der Waals surface area contributed by atoms with Gasteiger partial charge in [0.25, 0.3) is 10.0 Å². The molecule has 0 saturated carbocycles. The monoisotopic (exact) mass is 513 g/mol. The Morgan fingerprint density at radius 1 is 1.29 bits per heavy atom. The molecule has 0 aliphatic rings. The van der Waals surface area contributed by atoms with Crippen molar-refractivity contribution >= 4 is 33.6 Å². The van der Waals surface area contributed by atoms with E-state index in [0.717, 1.165) is 17.8 Å². The fourth-order valence-corrected chi connectivity index (χ4v) is 4.39. The highest BCUT2D eigenvalue weighted by Gasteiger charge is 2.22. The summed E-state index contributed by atoms with van der Waals surface area (Å²) in [5.41, 5.74) is 0.0652. The van der Waals surface area contributed by atoms with E-state index >= 15 is 0 Å². The van der Waals surface area contributed by atoms with E-state index in [1.54, 1.807) is 14.0 Å². The summed E-state index contributed by atoms with van der Waals surface area (Å²) < 4.78 is 66.9. The van der Waals surface area contributed by atoms with Crippen molar-refractivity contribution in [3.8, 4) is 5.88 Å². The Kier molecular flexibility index (Phi) is 8.04. The van der Waals surface area contributed by atoms with Crippen molar-refractivity contribution in [1.29, 1.82) is 0 Å². The number of aromatic nitrogens is 4. The maximum Gasteiger partial charge on any atom is 0.347 e. The number of carbonyl (C=O) groups is 1. The van der Waals surface area contributed by atoms with Crippen LogP contribution in [-0.4, -0.2) is 46.6 Å². The molecule has 0 radical (unpaired) electrons. The van der Waals surface area contributed by atoms with Gasteiger partial charge in [-0.25, -0.2) is 23.5 Å². The van der Waals surface area contributed by atoms with Gasteiger partial charge < -0.3 is 14.0 Å². The van der Waals surface area contributed by atoms with Crippen LogP contribution in [0.4, 0.5) is 14.6 Å². The van der Waals surface area contributed by atoms with Crippen LogP contribution in [0.25, 0.3) is 0 Å². The second kappa shape index (κ2) is 10.8. The highest BCUT2D eigenvalue weighted by Crippen LogP contribution is 2.27. The lowest BCUT2D eigenvalue weighted by atomic mass is 10.2. The summed E-state index contributed by atoms with van der Waals surface area (Å²) in [6, 6.07) is 4.94. The number of nitrogens with one attached hydrogen (secondary N) is 1. The average molecular weight is 514 g/mol. The number of sulfonamides is 1. The van der Waals surface area contributed by atoms with Gasteiger partial charge in [0.2, 0.25) is 5.88 Å². The van der Waals surface area contributed by atoms with Crippen LogP contribution in [0.15, 0.2) is 47.0 Å². The Balaban J connectivity index is 1.89. The molecular weight excluding hydrogens is 492 g/mol. The molecule has 0 saturated heterocycles. The minimum Gasteiger partial charge on any atom is -0.463 e. The van der Waals surface area contributed by atoms with E-state index < -0.39 is 33.7 Å². The molecule has 1 N–H and O–H groups in total. The van der Waals surface area contributed by atoms with Gasteiger partial charge in [-0.15, -0.1) is 0 Å². The van der Waals surface area contributed by atoms with E-state index in [4.69, 9.17) is 9.47 Å². The van der Waals surface area contributed by atoms with Crippen LogP contribution in [0.1, 0.15) is 19.4 Å². The van der Waals surface area contributed by atoms with Gasteiger partial charge in [0.1, 0.15) is 5.82 Å². The molecule has 10 nitrogen and oxygen atoms in total. The number of hydrogen-bond donors (Lipinski definition) is 1. The van der Waals surface area contributed by atoms with Crippen molar-refractivity contribution in [3.05, 3.63) is 54.0 Å². The number of rotatable bonds is 10. The van der Waals surface area contributed by atoms with Gasteiger partial charge in [0.05, 0.1) is 12.9 Å². The van der Waals surface area contributed by atoms with Gasteiger partial charge in [0.15, 0.2) is 27.9 Å². The summed E-state index contributed by atoms with van der Waals surface area (Å²) in [6.07, 6.45) is 1.57. The summed E-state index contributed by atoms with van der Waals surface area (Å²) in [6.45, 7) is 3.22. The minimum atomic E-state index is -4.10. The molecule has 0 bridgehead atoms. The van der Waals surface area contributed by atoms with Crippen LogP contribution in [0.2, 0.25) is 0 Å². The number of nitrogens with zero attached hydrogens (tertiary/aromatic N) is 4. The van der Waals surface area contributed by atoms with Crippen LogP contribution in [-0.2, 0) is 32.4 Å². The number of imidazole rings is 1. The molecule has 1 atom stereocenters. The van der Waals surface area contributed by atoms with Crippen molar-refractivity contribution in [3.63, 3.8) is 0 Å². The Hall–Kier alpha value is -3.26. The van der Waals surface area contributed by atoms with Crippen LogP contribution in [0, 0.1) is 11.6 Å². The third kappa shape index (κ3) is 6.41. The Morgan fingerprint density at radius 3 is 2.74 bits per heavy atom. The van der Waals surface area contributed by atoms with Crippen molar-refractivity contribution in [2.24, 2.45) is 7.05 Å². The molecule has 0 aliphatic carbocycles. The number of ether oxygens (including phenoxy) is 2. The van der Waals surface area contributed by atoms with Gasteiger partial charge in [-0.3, -0.25) is 4.72 Å². The van der Waals surface area contributed by atoms with Crippen molar-refractivity contribution in [2.75, 3.05) is 11.3 Å². The minimum absolute atomic E-state index is 0.00376. The SMILES string of the molecule is CCOC(=O)[C@@H](C)Oc1cc(NS(=O)(=O)c2cn(C)cn2)nc(SCc2cccc(F)c2F)n1. The van der Waals surface area contributed by atoms with Crippen LogP contribution in [0.5, 0.6) is 5.88 Å². The quantitative estimate of drug-likeness (QED) is 0.247. The van der Waals surface area contributed by atoms with Crippen molar-refractivity contribution in [1.82, 2.24) is 19.5 Å². The van der Waals surface area contributed by atoms with Crippen molar-refractivity contribution in [2.45, 2.75) is 35.9 Å². The predicted molar refractivity (Wildman–Crippen MR) is 119 cm³/mol. The predicted octanol–water partition coefficient (Wildman–Crippen LogP) is 2.91. The number of esters is 1. The first-order chi connectivity index (χ1) is 16.1. The Labute approximate surface area is 198 Å². The van der Waals surface area contributed by atoms with Crippen molar-refractivity contribution < 1.29 is 31.5 Å². The lowest BCUT2D eigenvalue weighted by Crippen LogP contribution is -2.26. The zero-order valence-electron chi connectivity index (χ0n) is 18.4. The smallest absolute Gasteiger partial charge is 0.347 e. The molecule has 0 aliphatic heterocycles. The van der Waals surface area contributed by atoms with Gasteiger partial charge in [0, 0.05) is 30.6 Å². The summed E-state index contributed by atoms with van der Waals surface area (Å²) in [4.78, 5) is 24.0. The van der Waals surface area contributed by atoms with E-state index in [1.807, 2.05) is 0 Å². The first kappa shape index (κ1) is 25.4. The average Bonchev–Trinajstić information content (AvgIpc) is 3.22. The van der Waals surface area contributed by atoms with E-state index in [2.05, 4.69) is 19.7 Å². The molecule has 2 aromatic heterocycles. The molecule has 0 fully saturated rings. The lowest BCUT2D eigenvalue weighted by Gasteiger charge is -2.14. The maximum absolute atomic E-state index is 14.0. The molecule has 182 valence electrons. The number of carbonyl (C=O) groups excluding carboxylic acids is 1. The number of thioether (sulfide) groups is 1. The molecule has 0 amide bonds. The Bertz CT molecular complexity index is 1290. The molecule has 0 spiro atoms. The highest BCUT2D eigenvalue weighted by molar-refractivity contribution is 7.98. The molecule has 3 rings (SSSR count). The molecule has 3 aromatic rings. The molecule has 2 heterocycles. The second-order valence-electron chi connectivity index (χ2n) is 6.87. The van der Waals surface area contributed by atoms with Gasteiger partial charge in [-0.05, 0) is 19.9 Å². The fraction of sp³-hybridized carbons (Fsp3) is 0.300. The number of hydrogen-bond acceptors (Lipinski definition) is 9. The largest absolute Gasteiger partial charge is 0.463 e. The zero-order valence-corrected chi connectivity index (χ0v) is 20.0. The van der Waals surface area contributed by atoms with E-state index in [1.165, 1.54) is 42.2 Å². The third-order valence-corrected chi connectivity index (χ3v) is 6.32. The number of halogens is 2. The molecule has 1 aromatic carbocycles. The summed E-state index contributed by atoms with van der Waals surface area (Å²) in [7, 11) is -2.49. The van der Waals surface area contributed by atoms with E-state index in [-0.39, 0.29) is 39.8 Å². The molecular formula is C20H21F2N5O5S2. The lowest BCUT2D eigenvalue weighted by molar-refractivity contribution is -0.150. The Morgan fingerprint density at radius 2 is 2.06 bits per heavy atom. The molecule has 0 unspecified atom stereocenters. The zero-order chi connectivity index (χ0) is 24.9. The molecule has 14 heteroatoms. The van der Waals surface area contributed by atoms with E-state index in [9.17, 15) is 22.0 Å². The van der Waals surface area contributed by atoms with Crippen LogP contribution >= 0.6 is 11.8 Å². The van der Waals surface area contributed by atoms with Gasteiger partial charge in [-0.1, -0.05) is 23.9 Å². The number of aryl methyl sites for hydroxylation is 1. The number of anilines is 1. The molecule has 34 heavy (non-hydrogen) atoms. The topological polar surface area (TPSA) is 125 Å². The third-order valence-electron chi connectivity index (χ3n) is 4.18. The first-order valence-electron chi connectivity index (χ1n) is 9.88. The number of benzene rings is 1. The van der Waals surface area contributed by atoms with Crippen LogP contribution < -0.4 is 9.46 Å². The maximum atomic E-state index is 14.0. The standard InChI is InChI=1S/C20H21F2N5O5S2/c1-4-31-19(28)12(2)32-16-8-15(26-34(29,30)17-9-27(3)11-23-17)24-20(25-16)33-10-13-6-5-7-14(21)18(13)22/h5-9,11-12H,4,10H2,1-3H3,(H,24,25,26)/t12-/m1/s1. The summed E-state index contributed by atoms with van der Waals surface area (Å²) >= 11 is 0.917. The summed E-state index contributed by atoms with van der Waals surface area (Å²) in [5, 5.41) is -0.247. The second-order valence-corrected chi connectivity index (χ2v) is 9.44. The van der Waals surface area contributed by atoms with E-state index in [0.29, 0.717) is 0 Å². The van der Waals surface area contributed by atoms with Crippen LogP contribution in [0.3, 0.4) is 0 Å². The van der Waals surface area contributed by atoms with Gasteiger partial charge >= 0.3 is 5.97 Å². The first-order valence-corrected chi connectivity index (χ1v) is 12.3.